The Kier molecular flexibility index (Phi) is 2.35. The number of hydrogen-bond donors (Lipinski definition) is 2. The maximum atomic E-state index is 11.1. The van der Waals surface area contributed by atoms with Crippen LogP contribution in [0.3, 0.4) is 0 Å². The van der Waals surface area contributed by atoms with Crippen molar-refractivity contribution in [3.63, 3.8) is 0 Å². The van der Waals surface area contributed by atoms with Crippen molar-refractivity contribution in [2.75, 3.05) is 0 Å². The highest BCUT2D eigenvalue weighted by Crippen LogP contribution is 2.29. The lowest BCUT2D eigenvalue weighted by atomic mass is 9.97. The second kappa shape index (κ2) is 3.13. The SMILES string of the molecule is CC(=O)NC1(C(N)=O)CCCC1. The van der Waals surface area contributed by atoms with Crippen LogP contribution in [0.2, 0.25) is 0 Å². The van der Waals surface area contributed by atoms with Gasteiger partial charge in [-0.2, -0.15) is 0 Å². The van der Waals surface area contributed by atoms with Gasteiger partial charge in [-0.1, -0.05) is 12.8 Å². The maximum Gasteiger partial charge on any atom is 0.243 e. The van der Waals surface area contributed by atoms with Gasteiger partial charge in [0, 0.05) is 6.92 Å². The third-order valence-electron chi connectivity index (χ3n) is 2.34. The number of nitrogens with two attached hydrogens (primary N) is 1. The summed E-state index contributed by atoms with van der Waals surface area (Å²) >= 11 is 0. The molecule has 0 bridgehead atoms. The molecule has 0 aromatic carbocycles. The van der Waals surface area contributed by atoms with E-state index in [9.17, 15) is 9.59 Å². The predicted octanol–water partition coefficient (Wildman–Crippen LogP) is -0.0794. The van der Waals surface area contributed by atoms with Gasteiger partial charge in [0.2, 0.25) is 11.8 Å². The van der Waals surface area contributed by atoms with E-state index < -0.39 is 11.4 Å². The highest BCUT2D eigenvalue weighted by atomic mass is 16.2. The Morgan fingerprint density at radius 3 is 2.17 bits per heavy atom. The fraction of sp³-hybridized carbons (Fsp3) is 0.750. The summed E-state index contributed by atoms with van der Waals surface area (Å²) in [7, 11) is 0. The Labute approximate surface area is 71.5 Å². The molecule has 0 saturated heterocycles. The van der Waals surface area contributed by atoms with Crippen molar-refractivity contribution < 1.29 is 9.59 Å². The number of carbonyl (C=O) groups is 2. The molecule has 1 fully saturated rings. The largest absolute Gasteiger partial charge is 0.368 e. The molecular weight excluding hydrogens is 156 g/mol. The molecule has 0 heterocycles. The van der Waals surface area contributed by atoms with E-state index in [-0.39, 0.29) is 5.91 Å². The molecule has 12 heavy (non-hydrogen) atoms. The summed E-state index contributed by atoms with van der Waals surface area (Å²) in [6, 6.07) is 0. The lowest BCUT2D eigenvalue weighted by molar-refractivity contribution is -0.130. The number of rotatable bonds is 2. The van der Waals surface area contributed by atoms with Gasteiger partial charge in [0.05, 0.1) is 0 Å². The number of primary amides is 1. The minimum Gasteiger partial charge on any atom is -0.368 e. The monoisotopic (exact) mass is 170 g/mol. The topological polar surface area (TPSA) is 72.2 Å². The molecule has 1 aliphatic rings. The van der Waals surface area contributed by atoms with E-state index in [1.807, 2.05) is 0 Å². The van der Waals surface area contributed by atoms with Crippen LogP contribution in [-0.2, 0) is 9.59 Å². The van der Waals surface area contributed by atoms with E-state index in [2.05, 4.69) is 5.32 Å². The normalized spacial score (nSPS) is 20.4. The van der Waals surface area contributed by atoms with Gasteiger partial charge >= 0.3 is 0 Å². The number of nitrogens with one attached hydrogen (secondary N) is 1. The third kappa shape index (κ3) is 1.57. The summed E-state index contributed by atoms with van der Waals surface area (Å²) < 4.78 is 0. The van der Waals surface area contributed by atoms with Gasteiger partial charge in [0.1, 0.15) is 5.54 Å². The average Bonchev–Trinajstić information content (AvgIpc) is 2.35. The molecule has 68 valence electrons. The van der Waals surface area contributed by atoms with Gasteiger partial charge in [-0.3, -0.25) is 9.59 Å². The Balaban J connectivity index is 2.72. The molecule has 3 N–H and O–H groups in total. The Morgan fingerprint density at radius 2 is 1.83 bits per heavy atom. The minimum absolute atomic E-state index is 0.185. The van der Waals surface area contributed by atoms with Crippen molar-refractivity contribution in [3.8, 4) is 0 Å². The summed E-state index contributed by atoms with van der Waals surface area (Å²) in [4.78, 5) is 21.9. The van der Waals surface area contributed by atoms with Crippen molar-refractivity contribution in [1.29, 1.82) is 0 Å². The summed E-state index contributed by atoms with van der Waals surface area (Å²) in [5.41, 5.74) is 4.48. The summed E-state index contributed by atoms with van der Waals surface area (Å²) in [5, 5.41) is 2.64. The lowest BCUT2D eigenvalue weighted by Crippen LogP contribution is -2.55. The fourth-order valence-electron chi connectivity index (χ4n) is 1.75. The van der Waals surface area contributed by atoms with Crippen molar-refractivity contribution in [3.05, 3.63) is 0 Å². The minimum atomic E-state index is -0.744. The highest BCUT2D eigenvalue weighted by Gasteiger charge is 2.39. The van der Waals surface area contributed by atoms with Gasteiger partial charge in [-0.25, -0.2) is 0 Å². The molecule has 4 nitrogen and oxygen atoms in total. The first-order chi connectivity index (χ1) is 5.57. The van der Waals surface area contributed by atoms with E-state index in [1.165, 1.54) is 6.92 Å². The molecule has 1 rings (SSSR count). The van der Waals surface area contributed by atoms with E-state index >= 15 is 0 Å². The Hall–Kier alpha value is -1.06. The van der Waals surface area contributed by atoms with Crippen LogP contribution in [0.1, 0.15) is 32.6 Å². The first kappa shape index (κ1) is 9.03. The van der Waals surface area contributed by atoms with Gasteiger partial charge < -0.3 is 11.1 Å². The zero-order chi connectivity index (χ0) is 9.19. The van der Waals surface area contributed by atoms with Crippen LogP contribution in [0.15, 0.2) is 0 Å². The lowest BCUT2D eigenvalue weighted by Gasteiger charge is -2.25. The molecule has 0 spiro atoms. The van der Waals surface area contributed by atoms with Crippen LogP contribution < -0.4 is 11.1 Å². The van der Waals surface area contributed by atoms with Crippen LogP contribution in [0.4, 0.5) is 0 Å². The molecule has 2 amide bonds. The van der Waals surface area contributed by atoms with Crippen LogP contribution in [0.25, 0.3) is 0 Å². The molecule has 1 aliphatic carbocycles. The maximum absolute atomic E-state index is 11.1. The van der Waals surface area contributed by atoms with Gasteiger partial charge in [-0.15, -0.1) is 0 Å². The quantitative estimate of drug-likeness (QED) is 0.608. The van der Waals surface area contributed by atoms with Gasteiger partial charge in [-0.05, 0) is 12.8 Å². The van der Waals surface area contributed by atoms with Crippen molar-refractivity contribution >= 4 is 11.8 Å². The zero-order valence-electron chi connectivity index (χ0n) is 7.22. The second-order valence-electron chi connectivity index (χ2n) is 3.33. The van der Waals surface area contributed by atoms with Crippen molar-refractivity contribution in [2.24, 2.45) is 5.73 Å². The molecule has 0 aliphatic heterocycles. The summed E-state index contributed by atoms with van der Waals surface area (Å²) in [5.74, 6) is -0.592. The standard InChI is InChI=1S/C8H14N2O2/c1-6(11)10-8(7(9)12)4-2-3-5-8/h2-5H2,1H3,(H2,9,12)(H,10,11). The van der Waals surface area contributed by atoms with E-state index in [4.69, 9.17) is 5.73 Å². The second-order valence-corrected chi connectivity index (χ2v) is 3.33. The molecule has 0 aromatic heterocycles. The summed E-state index contributed by atoms with van der Waals surface area (Å²) in [6.45, 7) is 1.41. The molecule has 0 atom stereocenters. The first-order valence-electron chi connectivity index (χ1n) is 4.15. The van der Waals surface area contributed by atoms with Crippen LogP contribution in [0, 0.1) is 0 Å². The Bertz CT molecular complexity index is 207. The van der Waals surface area contributed by atoms with Crippen molar-refractivity contribution in [1.82, 2.24) is 5.32 Å². The Morgan fingerprint density at radius 1 is 1.33 bits per heavy atom. The van der Waals surface area contributed by atoms with Gasteiger partial charge in [0.25, 0.3) is 0 Å². The molecular formula is C8H14N2O2. The van der Waals surface area contributed by atoms with E-state index in [0.29, 0.717) is 12.8 Å². The first-order valence-corrected chi connectivity index (χ1v) is 4.15. The number of carbonyl (C=O) groups excluding carboxylic acids is 2. The van der Waals surface area contributed by atoms with E-state index in [0.717, 1.165) is 12.8 Å². The van der Waals surface area contributed by atoms with Crippen molar-refractivity contribution in [2.45, 2.75) is 38.1 Å². The third-order valence-corrected chi connectivity index (χ3v) is 2.34. The molecule has 0 aromatic rings. The smallest absolute Gasteiger partial charge is 0.243 e. The zero-order valence-corrected chi connectivity index (χ0v) is 7.22. The molecule has 0 unspecified atom stereocenters. The number of amides is 2. The van der Waals surface area contributed by atoms with E-state index in [1.54, 1.807) is 0 Å². The van der Waals surface area contributed by atoms with Crippen LogP contribution >= 0.6 is 0 Å². The average molecular weight is 170 g/mol. The van der Waals surface area contributed by atoms with Crippen LogP contribution in [0.5, 0.6) is 0 Å². The molecule has 0 radical (unpaired) electrons. The molecule has 1 saturated carbocycles. The summed E-state index contributed by atoms with van der Waals surface area (Å²) in [6.07, 6.45) is 3.29. The predicted molar refractivity (Wildman–Crippen MR) is 44.2 cm³/mol. The fourth-order valence-corrected chi connectivity index (χ4v) is 1.75. The number of hydrogen-bond acceptors (Lipinski definition) is 2. The van der Waals surface area contributed by atoms with Gasteiger partial charge in [0.15, 0.2) is 0 Å². The van der Waals surface area contributed by atoms with Crippen LogP contribution in [-0.4, -0.2) is 17.4 Å². The highest BCUT2D eigenvalue weighted by molar-refractivity contribution is 5.89. The molecule has 4 heteroatoms.